The summed E-state index contributed by atoms with van der Waals surface area (Å²) < 4.78 is 9.20. The number of benzene rings is 1. The number of fused-ring (bicyclic) bond motifs is 2. The van der Waals surface area contributed by atoms with Crippen molar-refractivity contribution in [1.82, 2.24) is 14.3 Å². The second kappa shape index (κ2) is 7.10. The lowest BCUT2D eigenvalue weighted by atomic mass is 10.0. The van der Waals surface area contributed by atoms with Crippen LogP contribution in [-0.4, -0.2) is 56.8 Å². The molecule has 5 rings (SSSR count). The number of allylic oxidation sites excluding steroid dienone is 1. The van der Waals surface area contributed by atoms with Crippen LogP contribution in [0.4, 0.5) is 0 Å². The number of halogens is 1. The summed E-state index contributed by atoms with van der Waals surface area (Å²) in [5, 5.41) is 21.1. The van der Waals surface area contributed by atoms with Crippen LogP contribution in [0.5, 0.6) is 0 Å². The lowest BCUT2D eigenvalue weighted by molar-refractivity contribution is -0.494. The first kappa shape index (κ1) is 18.6. The number of carboxylic acid groups (broad SMARTS) is 1. The van der Waals surface area contributed by atoms with Gasteiger partial charge in [0, 0.05) is 25.4 Å². The number of carboxylic acids is 1. The highest BCUT2D eigenvalue weighted by molar-refractivity contribution is 7.97. The fourth-order valence-electron chi connectivity index (χ4n) is 3.65. The summed E-state index contributed by atoms with van der Waals surface area (Å²) in [6, 6.07) is 3.55. The number of carbonyl (C=O) groups is 1. The predicted molar refractivity (Wildman–Crippen MR) is 107 cm³/mol. The number of aromatic nitrogens is 3. The van der Waals surface area contributed by atoms with Crippen LogP contribution >= 0.6 is 23.5 Å². The Kier molecular flexibility index (Phi) is 4.54. The number of rotatable bonds is 3. The van der Waals surface area contributed by atoms with E-state index in [0.717, 1.165) is 23.4 Å². The van der Waals surface area contributed by atoms with E-state index < -0.39 is 11.9 Å². The van der Waals surface area contributed by atoms with Crippen LogP contribution in [0.25, 0.3) is 21.9 Å². The summed E-state index contributed by atoms with van der Waals surface area (Å²) in [7, 11) is 0. The van der Waals surface area contributed by atoms with Crippen LogP contribution in [0.15, 0.2) is 35.1 Å². The number of nitrogens with zero attached hydrogens (tertiary/aromatic N) is 4. The van der Waals surface area contributed by atoms with Gasteiger partial charge >= 0.3 is 11.8 Å². The van der Waals surface area contributed by atoms with E-state index in [1.807, 2.05) is 6.07 Å². The zero-order valence-electron chi connectivity index (χ0n) is 15.1. The fraction of sp³-hybridized carbons (Fsp3) is 0.263. The number of morpholine rings is 1. The van der Waals surface area contributed by atoms with Gasteiger partial charge in [-0.3, -0.25) is 9.78 Å². The number of aliphatic hydroxyl groups is 1. The van der Waals surface area contributed by atoms with Crippen molar-refractivity contribution in [2.24, 2.45) is 0 Å². The number of pyridine rings is 1. The van der Waals surface area contributed by atoms with E-state index in [0.29, 0.717) is 34.8 Å². The number of aliphatic hydroxyl groups excluding tert-OH is 1. The van der Waals surface area contributed by atoms with E-state index in [9.17, 15) is 15.0 Å². The minimum Gasteiger partial charge on any atom is -0.511 e. The molecule has 0 bridgehead atoms. The summed E-state index contributed by atoms with van der Waals surface area (Å²) in [6.45, 7) is 2.83. The second-order valence-corrected chi connectivity index (χ2v) is 8.29. The average molecular weight is 432 g/mol. The summed E-state index contributed by atoms with van der Waals surface area (Å²) in [6.07, 6.45) is 4.68. The van der Waals surface area contributed by atoms with Gasteiger partial charge in [-0.25, -0.2) is 4.31 Å². The quantitative estimate of drug-likeness (QED) is 0.481. The van der Waals surface area contributed by atoms with Gasteiger partial charge in [-0.15, -0.1) is 0 Å². The normalized spacial score (nSPS) is 19.8. The van der Waals surface area contributed by atoms with Gasteiger partial charge in [0.15, 0.2) is 5.52 Å². The van der Waals surface area contributed by atoms with Crippen LogP contribution in [0.3, 0.4) is 0 Å². The Morgan fingerprint density at radius 2 is 2.14 bits per heavy atom. The molecule has 29 heavy (non-hydrogen) atoms. The highest BCUT2D eigenvalue weighted by atomic mass is 35.5. The monoisotopic (exact) mass is 431 g/mol. The molecule has 1 atom stereocenters. The highest BCUT2D eigenvalue weighted by Crippen LogP contribution is 2.36. The number of hydrogen-bond donors (Lipinski definition) is 2. The Morgan fingerprint density at radius 3 is 2.90 bits per heavy atom. The Labute approximate surface area is 174 Å². The Morgan fingerprint density at radius 1 is 1.34 bits per heavy atom. The zero-order chi connectivity index (χ0) is 20.1. The molecule has 1 fully saturated rings. The van der Waals surface area contributed by atoms with Crippen LogP contribution in [0.2, 0.25) is 5.02 Å². The molecule has 8 nitrogen and oxygen atoms in total. The molecular formula is C19H16ClN4O4S+. The highest BCUT2D eigenvalue weighted by Gasteiger charge is 2.38. The summed E-state index contributed by atoms with van der Waals surface area (Å²) in [4.78, 5) is 21.9. The minimum atomic E-state index is -1.27. The van der Waals surface area contributed by atoms with Crippen LogP contribution in [0, 0.1) is 6.21 Å². The second-order valence-electron chi connectivity index (χ2n) is 6.75. The smallest absolute Gasteiger partial charge is 0.326 e. The maximum Gasteiger partial charge on any atom is 0.326 e. The van der Waals surface area contributed by atoms with Crippen molar-refractivity contribution in [1.29, 1.82) is 0 Å². The van der Waals surface area contributed by atoms with Crippen LogP contribution in [0.1, 0.15) is 11.7 Å². The lowest BCUT2D eigenvalue weighted by Crippen LogP contribution is -2.35. The third-order valence-corrected chi connectivity index (χ3v) is 6.43. The standard InChI is InChI=1S/C19H15ClN4O4S/c20-10-1-2-11-14-16(13(9-21-11)29-23-5-7-28-8-6-23)22-18-15(19(26)27)12(25)3-4-24(18)17(10)14/h1-4,9,15H,5-8H2,(H,26,27)/p+1. The topological polar surface area (TPSA) is 102 Å². The first-order chi connectivity index (χ1) is 14.0. The van der Waals surface area contributed by atoms with Gasteiger partial charge in [0.05, 0.1) is 34.9 Å². The van der Waals surface area contributed by atoms with E-state index in [4.69, 9.17) is 21.3 Å². The van der Waals surface area contributed by atoms with Crippen molar-refractivity contribution in [3.05, 3.63) is 47.2 Å². The molecule has 2 N–H and O–H groups in total. The Hall–Kier alpha value is -2.46. The molecule has 1 aromatic carbocycles. The summed E-state index contributed by atoms with van der Waals surface area (Å²) >= 11 is 8.04. The van der Waals surface area contributed by atoms with Gasteiger partial charge in [-0.2, -0.15) is 4.24 Å². The molecule has 2 aromatic heterocycles. The Bertz CT molecular complexity index is 1240. The largest absolute Gasteiger partial charge is 0.511 e. The zero-order valence-corrected chi connectivity index (χ0v) is 16.7. The molecule has 1 saturated heterocycles. The maximum atomic E-state index is 11.9. The molecule has 0 amide bonds. The van der Waals surface area contributed by atoms with Crippen molar-refractivity contribution in [2.75, 3.05) is 26.3 Å². The van der Waals surface area contributed by atoms with Crippen molar-refractivity contribution in [3.63, 3.8) is 0 Å². The number of hydrogen-bond acceptors (Lipinski definition) is 7. The van der Waals surface area contributed by atoms with Gasteiger partial charge in [0.2, 0.25) is 11.4 Å². The molecule has 0 aliphatic carbocycles. The minimum absolute atomic E-state index is 0.203. The molecule has 10 heteroatoms. The maximum absolute atomic E-state index is 11.9. The van der Waals surface area contributed by atoms with Gasteiger partial charge < -0.3 is 14.9 Å². The molecule has 1 unspecified atom stereocenters. The summed E-state index contributed by atoms with van der Waals surface area (Å²) in [5.41, 5.74) is 1.95. The lowest BCUT2D eigenvalue weighted by Gasteiger charge is -2.25. The Balaban J connectivity index is 1.82. The molecule has 0 saturated carbocycles. The molecule has 4 heterocycles. The van der Waals surface area contributed by atoms with Crippen molar-refractivity contribution < 1.29 is 24.0 Å². The summed E-state index contributed by atoms with van der Waals surface area (Å²) in [5.74, 6) is -2.52. The van der Waals surface area contributed by atoms with Gasteiger partial charge in [0.1, 0.15) is 11.1 Å². The molecule has 2 aliphatic rings. The van der Waals surface area contributed by atoms with Crippen LogP contribution in [-0.2, 0) is 9.53 Å². The van der Waals surface area contributed by atoms with E-state index in [-0.39, 0.29) is 11.6 Å². The van der Waals surface area contributed by atoms with E-state index in [1.165, 1.54) is 18.0 Å². The molecule has 2 aliphatic heterocycles. The van der Waals surface area contributed by atoms with Crippen LogP contribution < -0.4 is 4.24 Å². The van der Waals surface area contributed by atoms with Gasteiger partial charge in [-0.05, 0) is 29.1 Å². The van der Waals surface area contributed by atoms with Crippen molar-refractivity contribution >= 4 is 51.5 Å². The molecule has 3 aromatic rings. The van der Waals surface area contributed by atoms with Gasteiger partial charge in [-0.1, -0.05) is 11.6 Å². The molecule has 0 spiro atoms. The first-order valence-corrected chi connectivity index (χ1v) is 10.2. The van der Waals surface area contributed by atoms with E-state index in [1.54, 1.807) is 22.7 Å². The van der Waals surface area contributed by atoms with Crippen molar-refractivity contribution in [2.45, 2.75) is 10.8 Å². The SMILES string of the molecule is O=C(O)C1C(O)=CC=[n+]2c1nc1c(SN3CCOCC3)cnc3ccc(Cl)c2c31. The molecule has 148 valence electrons. The fourth-order valence-corrected chi connectivity index (χ4v) is 4.85. The third-order valence-electron chi connectivity index (χ3n) is 5.00. The molecule has 0 radical (unpaired) electrons. The molecular weight excluding hydrogens is 416 g/mol. The number of ether oxygens (including phenoxy) is 1. The number of aliphatic carboxylic acids is 1. The third kappa shape index (κ3) is 3.01. The predicted octanol–water partition coefficient (Wildman–Crippen LogP) is 2.42. The van der Waals surface area contributed by atoms with E-state index >= 15 is 0 Å². The van der Waals surface area contributed by atoms with Gasteiger partial charge in [0.25, 0.3) is 0 Å². The van der Waals surface area contributed by atoms with Crippen molar-refractivity contribution in [3.8, 4) is 0 Å². The average Bonchev–Trinajstić information content (AvgIpc) is 2.71. The van der Waals surface area contributed by atoms with E-state index in [2.05, 4.69) is 9.29 Å². The first-order valence-electron chi connectivity index (χ1n) is 9.01.